The van der Waals surface area contributed by atoms with Gasteiger partial charge in [-0.1, -0.05) is 53.2 Å². The highest BCUT2D eigenvalue weighted by atomic mass is 32.2. The molecule has 0 aliphatic carbocycles. The summed E-state index contributed by atoms with van der Waals surface area (Å²) >= 11 is 5.87. The van der Waals surface area contributed by atoms with E-state index >= 15 is 0 Å². The van der Waals surface area contributed by atoms with Crippen LogP contribution in [0, 0.1) is 0 Å². The van der Waals surface area contributed by atoms with Gasteiger partial charge in [-0.25, -0.2) is 0 Å². The van der Waals surface area contributed by atoms with E-state index in [1.54, 1.807) is 23.1 Å². The Hall–Kier alpha value is 0.0200. The first-order valence-corrected chi connectivity index (χ1v) is 7.57. The topological polar surface area (TPSA) is 42.9 Å². The zero-order valence-electron chi connectivity index (χ0n) is 7.43. The molecule has 14 heavy (non-hydrogen) atoms. The van der Waals surface area contributed by atoms with Crippen molar-refractivity contribution in [2.45, 2.75) is 8.68 Å². The minimum absolute atomic E-state index is 0.00731. The van der Waals surface area contributed by atoms with Crippen molar-refractivity contribution in [2.24, 2.45) is 0 Å². The lowest BCUT2D eigenvalue weighted by Gasteiger charge is -1.92. The van der Waals surface area contributed by atoms with Crippen LogP contribution in [0.4, 0.5) is 0 Å². The molecule has 1 rings (SSSR count). The molecular weight excluding hydrogens is 256 g/mol. The summed E-state index contributed by atoms with van der Waals surface area (Å²) in [6, 6.07) is 0. The second-order valence-corrected chi connectivity index (χ2v) is 6.57. The van der Waals surface area contributed by atoms with E-state index in [1.165, 1.54) is 29.6 Å². The van der Waals surface area contributed by atoms with Gasteiger partial charge in [-0.15, -0.1) is 10.2 Å². The van der Waals surface area contributed by atoms with Crippen LogP contribution < -0.4 is 0 Å². The Kier molecular flexibility index (Phi) is 5.61. The van der Waals surface area contributed by atoms with E-state index in [0.29, 0.717) is 5.08 Å². The summed E-state index contributed by atoms with van der Waals surface area (Å²) in [6.07, 6.45) is 3.28. The van der Waals surface area contributed by atoms with Crippen LogP contribution in [0.5, 0.6) is 0 Å². The normalized spacial score (nSPS) is 10.1. The maximum absolute atomic E-state index is 10.9. The van der Waals surface area contributed by atoms with Crippen molar-refractivity contribution >= 4 is 51.7 Å². The SMILES string of the molecule is C=CC(=O)SCSc1nnc(SC)s1. The standard InChI is InChI=1S/C7H8N2OS4/c1-3-5(10)12-4-13-7-9-8-6(11-2)14-7/h3H,1,4H2,2H3. The number of carbonyl (C=O) groups is 1. The number of rotatable bonds is 5. The van der Waals surface area contributed by atoms with Crippen molar-refractivity contribution in [2.75, 3.05) is 11.3 Å². The molecule has 0 N–H and O–H groups in total. The molecule has 1 aromatic heterocycles. The highest BCUT2D eigenvalue weighted by Crippen LogP contribution is 2.29. The quantitative estimate of drug-likeness (QED) is 0.463. The summed E-state index contributed by atoms with van der Waals surface area (Å²) in [6.45, 7) is 3.40. The van der Waals surface area contributed by atoms with Crippen LogP contribution in [0.1, 0.15) is 0 Å². The zero-order valence-corrected chi connectivity index (χ0v) is 10.7. The Balaban J connectivity index is 2.31. The van der Waals surface area contributed by atoms with Gasteiger partial charge in [0.25, 0.3) is 0 Å². The van der Waals surface area contributed by atoms with Crippen LogP contribution in [-0.2, 0) is 4.79 Å². The lowest BCUT2D eigenvalue weighted by atomic mass is 10.7. The van der Waals surface area contributed by atoms with Gasteiger partial charge in [0.05, 0.1) is 5.08 Å². The summed E-state index contributed by atoms with van der Waals surface area (Å²) in [5.74, 6) is 0. The number of hydrogen-bond donors (Lipinski definition) is 0. The van der Waals surface area contributed by atoms with Gasteiger partial charge in [0.2, 0.25) is 5.12 Å². The number of thioether (sulfide) groups is 3. The molecule has 0 aromatic carbocycles. The van der Waals surface area contributed by atoms with E-state index in [9.17, 15) is 4.79 Å². The monoisotopic (exact) mass is 264 g/mol. The first-order valence-electron chi connectivity index (χ1n) is 3.55. The van der Waals surface area contributed by atoms with E-state index < -0.39 is 0 Å². The third-order valence-corrected chi connectivity index (χ3v) is 5.13. The summed E-state index contributed by atoms with van der Waals surface area (Å²) in [5, 5.41) is 8.57. The fourth-order valence-corrected chi connectivity index (χ4v) is 3.92. The molecule has 0 radical (unpaired) electrons. The van der Waals surface area contributed by atoms with Crippen molar-refractivity contribution in [1.82, 2.24) is 10.2 Å². The van der Waals surface area contributed by atoms with Gasteiger partial charge in [0.15, 0.2) is 8.68 Å². The zero-order chi connectivity index (χ0) is 10.4. The second kappa shape index (κ2) is 6.49. The van der Waals surface area contributed by atoms with Gasteiger partial charge in [0, 0.05) is 0 Å². The molecule has 0 aliphatic rings. The number of carbonyl (C=O) groups excluding carboxylic acids is 1. The Labute approximate surface area is 99.1 Å². The smallest absolute Gasteiger partial charge is 0.212 e. The Morgan fingerprint density at radius 1 is 1.57 bits per heavy atom. The number of aromatic nitrogens is 2. The van der Waals surface area contributed by atoms with Crippen molar-refractivity contribution in [3.8, 4) is 0 Å². The Morgan fingerprint density at radius 2 is 2.29 bits per heavy atom. The fourth-order valence-electron chi connectivity index (χ4n) is 0.535. The average Bonchev–Trinajstić information content (AvgIpc) is 2.65. The van der Waals surface area contributed by atoms with Crippen LogP contribution in [0.25, 0.3) is 0 Å². The van der Waals surface area contributed by atoms with Crippen molar-refractivity contribution < 1.29 is 4.79 Å². The summed E-state index contributed by atoms with van der Waals surface area (Å²) in [7, 11) is 0. The van der Waals surface area contributed by atoms with E-state index in [4.69, 9.17) is 0 Å². The highest BCUT2D eigenvalue weighted by molar-refractivity contribution is 8.24. The van der Waals surface area contributed by atoms with Gasteiger partial charge in [-0.3, -0.25) is 4.79 Å². The molecule has 0 bridgehead atoms. The molecule has 0 saturated heterocycles. The van der Waals surface area contributed by atoms with E-state index in [2.05, 4.69) is 16.8 Å². The maximum atomic E-state index is 10.9. The number of hydrogen-bond acceptors (Lipinski definition) is 7. The second-order valence-electron chi connectivity index (χ2n) is 1.97. The van der Waals surface area contributed by atoms with Crippen LogP contribution >= 0.6 is 46.6 Å². The molecule has 7 heteroatoms. The predicted octanol–water partition coefficient (Wildman–Crippen LogP) is 2.76. The average molecular weight is 264 g/mol. The number of nitrogens with zero attached hydrogens (tertiary/aromatic N) is 2. The van der Waals surface area contributed by atoms with Crippen LogP contribution in [-0.4, -0.2) is 26.7 Å². The highest BCUT2D eigenvalue weighted by Gasteiger charge is 2.04. The minimum atomic E-state index is -0.00731. The lowest BCUT2D eigenvalue weighted by molar-refractivity contribution is -0.107. The largest absolute Gasteiger partial charge is 0.282 e. The van der Waals surface area contributed by atoms with Gasteiger partial charge in [-0.05, 0) is 12.3 Å². The molecule has 0 spiro atoms. The molecule has 0 amide bonds. The molecular formula is C7H8N2OS4. The Bertz CT molecular complexity index is 325. The molecule has 0 aliphatic heterocycles. The van der Waals surface area contributed by atoms with Crippen LogP contribution in [0.15, 0.2) is 21.3 Å². The maximum Gasteiger partial charge on any atom is 0.212 e. The molecule has 0 saturated carbocycles. The third-order valence-electron chi connectivity index (χ3n) is 1.11. The minimum Gasteiger partial charge on any atom is -0.282 e. The van der Waals surface area contributed by atoms with Crippen LogP contribution in [0.3, 0.4) is 0 Å². The molecule has 76 valence electrons. The van der Waals surface area contributed by atoms with Crippen molar-refractivity contribution in [1.29, 1.82) is 0 Å². The molecule has 0 unspecified atom stereocenters. The Morgan fingerprint density at radius 3 is 2.86 bits per heavy atom. The molecule has 1 heterocycles. The molecule has 0 atom stereocenters. The summed E-state index contributed by atoms with van der Waals surface area (Å²) < 4.78 is 1.85. The van der Waals surface area contributed by atoms with Gasteiger partial charge < -0.3 is 0 Å². The predicted molar refractivity (Wildman–Crippen MR) is 65.2 cm³/mol. The van der Waals surface area contributed by atoms with Crippen molar-refractivity contribution in [3.05, 3.63) is 12.7 Å². The lowest BCUT2D eigenvalue weighted by Crippen LogP contribution is -1.83. The van der Waals surface area contributed by atoms with E-state index in [0.717, 1.165) is 8.68 Å². The first kappa shape index (κ1) is 12.1. The van der Waals surface area contributed by atoms with Crippen LogP contribution in [0.2, 0.25) is 0 Å². The van der Waals surface area contributed by atoms with Gasteiger partial charge in [0.1, 0.15) is 0 Å². The third kappa shape index (κ3) is 4.04. The summed E-state index contributed by atoms with van der Waals surface area (Å²) in [4.78, 5) is 10.9. The van der Waals surface area contributed by atoms with Crippen molar-refractivity contribution in [3.63, 3.8) is 0 Å². The molecule has 0 fully saturated rings. The summed E-state index contributed by atoms with van der Waals surface area (Å²) in [5.41, 5.74) is 0. The van der Waals surface area contributed by atoms with E-state index in [1.807, 2.05) is 6.26 Å². The molecule has 1 aromatic rings. The first-order chi connectivity index (χ1) is 6.76. The van der Waals surface area contributed by atoms with Gasteiger partial charge >= 0.3 is 0 Å². The van der Waals surface area contributed by atoms with Gasteiger partial charge in [-0.2, -0.15) is 0 Å². The van der Waals surface area contributed by atoms with E-state index in [-0.39, 0.29) is 5.12 Å². The fraction of sp³-hybridized carbons (Fsp3) is 0.286. The molecule has 3 nitrogen and oxygen atoms in total.